The van der Waals surface area contributed by atoms with E-state index in [1.165, 1.54) is 17.0 Å². The number of hydrogen-bond acceptors (Lipinski definition) is 11. The quantitative estimate of drug-likeness (QED) is 0.0456. The first kappa shape index (κ1) is 54.9. The Kier molecular flexibility index (Phi) is 23.5. The molecule has 1 saturated heterocycles. The molecular weight excluding hydrogens is 845 g/mol. The number of phenols is 1. The maximum atomic E-state index is 14.4. The number of benzene rings is 1. The third-order valence-electron chi connectivity index (χ3n) is 11.2. The first-order valence-electron chi connectivity index (χ1n) is 22.3. The molecule has 0 aliphatic carbocycles. The summed E-state index contributed by atoms with van der Waals surface area (Å²) in [6.07, 6.45) is 1.16. The van der Waals surface area contributed by atoms with Crippen molar-refractivity contribution in [1.29, 1.82) is 0 Å². The van der Waals surface area contributed by atoms with Crippen molar-refractivity contribution in [2.45, 2.75) is 154 Å². The average Bonchev–Trinajstić information content (AvgIpc) is 3.24. The Morgan fingerprint density at radius 2 is 1.37 bits per heavy atom. The SMILES string of the molecule is CCC(C)C(C)NC(=O)[C@H](Cc1ccc(O)cc1)NC(=O)CNC(=O)CCC(NC(=O)[C@H](CC(N)=O)NC(=O)[C@H](CCC(N)=O)NC=O)C(=O)N1CCCCC1C(=O)NC(C)CC(C)C. The van der Waals surface area contributed by atoms with Crippen molar-refractivity contribution in [2.75, 3.05) is 13.1 Å². The number of carbonyl (C=O) groups excluding carboxylic acids is 10. The maximum absolute atomic E-state index is 14.4. The summed E-state index contributed by atoms with van der Waals surface area (Å²) in [5.74, 6) is -6.33. The smallest absolute Gasteiger partial charge is 0.245 e. The second-order valence-electron chi connectivity index (χ2n) is 17.2. The molecule has 21 nitrogen and oxygen atoms in total. The molecule has 0 bridgehead atoms. The third kappa shape index (κ3) is 20.0. The minimum absolute atomic E-state index is 0.0242. The van der Waals surface area contributed by atoms with Crippen LogP contribution in [0.4, 0.5) is 0 Å². The van der Waals surface area contributed by atoms with Gasteiger partial charge in [-0.15, -0.1) is 0 Å². The zero-order chi connectivity index (χ0) is 48.8. The highest BCUT2D eigenvalue weighted by Crippen LogP contribution is 2.21. The van der Waals surface area contributed by atoms with Gasteiger partial charge in [0.2, 0.25) is 59.6 Å². The Labute approximate surface area is 380 Å². The van der Waals surface area contributed by atoms with Gasteiger partial charge in [-0.05, 0) is 81.9 Å². The largest absolute Gasteiger partial charge is 0.508 e. The highest BCUT2D eigenvalue weighted by atomic mass is 16.3. The minimum atomic E-state index is -1.69. The third-order valence-corrected chi connectivity index (χ3v) is 11.2. The lowest BCUT2D eigenvalue weighted by Crippen LogP contribution is -2.60. The number of carbonyl (C=O) groups is 10. The van der Waals surface area contributed by atoms with Gasteiger partial charge in [0.05, 0.1) is 13.0 Å². The van der Waals surface area contributed by atoms with Crippen LogP contribution in [0.3, 0.4) is 0 Å². The molecule has 0 radical (unpaired) electrons. The number of hydrogen-bond donors (Lipinski definition) is 10. The van der Waals surface area contributed by atoms with Crippen LogP contribution in [0.5, 0.6) is 5.75 Å². The lowest BCUT2D eigenvalue weighted by molar-refractivity contribution is -0.146. The van der Waals surface area contributed by atoms with Crippen LogP contribution in [0.15, 0.2) is 24.3 Å². The van der Waals surface area contributed by atoms with E-state index in [4.69, 9.17) is 11.5 Å². The molecule has 10 amide bonds. The number of primary amides is 2. The van der Waals surface area contributed by atoms with Crippen LogP contribution in [0.25, 0.3) is 0 Å². The van der Waals surface area contributed by atoms with Crippen LogP contribution < -0.4 is 48.7 Å². The zero-order valence-electron chi connectivity index (χ0n) is 38.4. The van der Waals surface area contributed by atoms with Gasteiger partial charge < -0.3 is 58.7 Å². The van der Waals surface area contributed by atoms with Gasteiger partial charge in [-0.3, -0.25) is 47.9 Å². The normalized spacial score (nSPS) is 16.8. The van der Waals surface area contributed by atoms with Gasteiger partial charge in [0.15, 0.2) is 0 Å². The van der Waals surface area contributed by atoms with E-state index < -0.39 is 103 Å². The standard InChI is InChI=1S/C44H70N10O11/c1-7-26(4)28(6)50-41(62)33(21-29-11-13-30(56)14-12-29)51-39(60)23-47-38(59)18-16-32(44(65)54-19-9-8-10-35(54)43(64)49-27(5)20-25(2)3)52-42(63)34(22-37(46)58)53-40(61)31(48-24-55)15-17-36(45)57/h11-14,24-28,31-35,56H,7-10,15-23H2,1-6H3,(H2,45,57)(H2,46,58)(H,47,59)(H,48,55)(H,49,64)(H,50,62)(H,51,60)(H,52,63)(H,53,61)/t26?,27?,28?,31-,32?,33-,34-,35?/m0/s1. The molecule has 1 fully saturated rings. The number of piperidine rings is 1. The van der Waals surface area contributed by atoms with Crippen molar-refractivity contribution < 1.29 is 53.1 Å². The van der Waals surface area contributed by atoms with E-state index in [1.54, 1.807) is 12.1 Å². The number of nitrogens with zero attached hydrogens (tertiary/aromatic N) is 1. The number of nitrogens with one attached hydrogen (secondary N) is 7. The molecule has 21 heteroatoms. The van der Waals surface area contributed by atoms with Gasteiger partial charge in [-0.1, -0.05) is 46.2 Å². The summed E-state index contributed by atoms with van der Waals surface area (Å²) >= 11 is 0. The van der Waals surface area contributed by atoms with Gasteiger partial charge in [-0.25, -0.2) is 0 Å². The van der Waals surface area contributed by atoms with Crippen LogP contribution in [-0.4, -0.2) is 125 Å². The monoisotopic (exact) mass is 915 g/mol. The molecule has 1 heterocycles. The molecule has 0 saturated carbocycles. The van der Waals surface area contributed by atoms with Crippen molar-refractivity contribution in [2.24, 2.45) is 23.3 Å². The molecule has 1 aliphatic rings. The van der Waals surface area contributed by atoms with E-state index >= 15 is 0 Å². The van der Waals surface area contributed by atoms with E-state index in [-0.39, 0.29) is 68.3 Å². The number of likely N-dealkylation sites (tertiary alicyclic amines) is 1. The molecule has 65 heavy (non-hydrogen) atoms. The predicted molar refractivity (Wildman–Crippen MR) is 239 cm³/mol. The number of aromatic hydroxyl groups is 1. The molecule has 1 aliphatic heterocycles. The Morgan fingerprint density at radius 3 is 1.97 bits per heavy atom. The molecule has 2 rings (SSSR count). The van der Waals surface area contributed by atoms with E-state index in [0.717, 1.165) is 6.42 Å². The van der Waals surface area contributed by atoms with Gasteiger partial charge in [0.25, 0.3) is 0 Å². The fourth-order valence-electron chi connectivity index (χ4n) is 7.33. The van der Waals surface area contributed by atoms with Crippen LogP contribution in [0, 0.1) is 11.8 Å². The lowest BCUT2D eigenvalue weighted by Gasteiger charge is -2.38. The van der Waals surface area contributed by atoms with Crippen molar-refractivity contribution in [3.8, 4) is 5.75 Å². The summed E-state index contributed by atoms with van der Waals surface area (Å²) in [4.78, 5) is 131. The van der Waals surface area contributed by atoms with Gasteiger partial charge in [0, 0.05) is 37.9 Å². The summed E-state index contributed by atoms with van der Waals surface area (Å²) in [5, 5.41) is 27.8. The van der Waals surface area contributed by atoms with Crippen LogP contribution in [-0.2, 0) is 54.4 Å². The van der Waals surface area contributed by atoms with Crippen LogP contribution in [0.2, 0.25) is 0 Å². The predicted octanol–water partition coefficient (Wildman–Crippen LogP) is -0.976. The number of phenolic OH excluding ortho intramolecular Hbond substituents is 1. The number of nitrogens with two attached hydrogens (primary N) is 2. The molecular formula is C44H70N10O11. The molecule has 0 spiro atoms. The molecule has 1 aromatic carbocycles. The summed E-state index contributed by atoms with van der Waals surface area (Å²) in [7, 11) is 0. The molecule has 8 atom stereocenters. The summed E-state index contributed by atoms with van der Waals surface area (Å²) < 4.78 is 0. The zero-order valence-corrected chi connectivity index (χ0v) is 38.4. The fourth-order valence-corrected chi connectivity index (χ4v) is 7.33. The second kappa shape index (κ2) is 27.8. The van der Waals surface area contributed by atoms with E-state index in [0.29, 0.717) is 31.2 Å². The summed E-state index contributed by atoms with van der Waals surface area (Å²) in [6.45, 7) is 11.3. The molecule has 5 unspecified atom stereocenters. The van der Waals surface area contributed by atoms with Crippen LogP contribution >= 0.6 is 0 Å². The molecule has 12 N–H and O–H groups in total. The van der Waals surface area contributed by atoms with E-state index in [2.05, 4.69) is 37.2 Å². The van der Waals surface area contributed by atoms with Crippen molar-refractivity contribution in [3.63, 3.8) is 0 Å². The van der Waals surface area contributed by atoms with Crippen molar-refractivity contribution >= 4 is 59.6 Å². The summed E-state index contributed by atoms with van der Waals surface area (Å²) in [5.41, 5.74) is 11.3. The Hall–Kier alpha value is -6.28. The van der Waals surface area contributed by atoms with E-state index in [1.807, 2.05) is 41.5 Å². The first-order valence-corrected chi connectivity index (χ1v) is 22.3. The van der Waals surface area contributed by atoms with Gasteiger partial charge in [0.1, 0.15) is 36.0 Å². The maximum Gasteiger partial charge on any atom is 0.245 e. The Morgan fingerprint density at radius 1 is 0.754 bits per heavy atom. The lowest BCUT2D eigenvalue weighted by atomic mass is 9.97. The van der Waals surface area contributed by atoms with E-state index in [9.17, 15) is 53.1 Å². The van der Waals surface area contributed by atoms with Crippen LogP contribution in [0.1, 0.15) is 111 Å². The van der Waals surface area contributed by atoms with Gasteiger partial charge >= 0.3 is 0 Å². The minimum Gasteiger partial charge on any atom is -0.508 e. The van der Waals surface area contributed by atoms with Crippen molar-refractivity contribution in [3.05, 3.63) is 29.8 Å². The highest BCUT2D eigenvalue weighted by molar-refractivity contribution is 5.97. The number of rotatable bonds is 28. The molecule has 1 aromatic rings. The molecule has 362 valence electrons. The first-order chi connectivity index (χ1) is 30.6. The van der Waals surface area contributed by atoms with Crippen molar-refractivity contribution in [1.82, 2.24) is 42.1 Å². The van der Waals surface area contributed by atoms with Gasteiger partial charge in [-0.2, -0.15) is 0 Å². The topological polar surface area (TPSA) is 330 Å². The molecule has 0 aromatic heterocycles. The average molecular weight is 915 g/mol. The Balaban J connectivity index is 2.33. The fraction of sp³-hybridized carbons (Fsp3) is 0.636. The second-order valence-corrected chi connectivity index (χ2v) is 17.2. The highest BCUT2D eigenvalue weighted by Gasteiger charge is 2.38. The summed E-state index contributed by atoms with van der Waals surface area (Å²) in [6, 6.07) is -0.761. The number of amides is 10. The Bertz CT molecular complexity index is 1810.